The van der Waals surface area contributed by atoms with Gasteiger partial charge in [0.25, 0.3) is 11.8 Å². The maximum atomic E-state index is 12.1. The van der Waals surface area contributed by atoms with Gasteiger partial charge in [-0.25, -0.2) is 0 Å². The summed E-state index contributed by atoms with van der Waals surface area (Å²) in [5, 5.41) is 0. The molecule has 0 unspecified atom stereocenters. The highest BCUT2D eigenvalue weighted by Gasteiger charge is 2.27. The van der Waals surface area contributed by atoms with E-state index >= 15 is 0 Å². The van der Waals surface area contributed by atoms with Crippen molar-refractivity contribution in [2.75, 3.05) is 13.2 Å². The van der Waals surface area contributed by atoms with Gasteiger partial charge in [-0.1, -0.05) is 24.3 Å². The van der Waals surface area contributed by atoms with Crippen molar-refractivity contribution >= 4 is 11.8 Å². The second kappa shape index (κ2) is 7.57. The standard InChI is InChI=1S/C18H18N2O5/c1-12-5-4-6-13(9-12)23-11-17(21)19-20-18(22)16-10-24-14-7-2-3-8-15(14)25-16/h2-9,16H,10-11H2,1H3,(H,19,21)(H,20,22)/t16-/m0/s1. The molecule has 1 aliphatic heterocycles. The smallest absolute Gasteiger partial charge is 0.283 e. The third-order valence-corrected chi connectivity index (χ3v) is 3.49. The summed E-state index contributed by atoms with van der Waals surface area (Å²) in [4.78, 5) is 23.8. The van der Waals surface area contributed by atoms with Crippen LogP contribution in [0.5, 0.6) is 17.2 Å². The van der Waals surface area contributed by atoms with Crippen LogP contribution in [0.15, 0.2) is 48.5 Å². The van der Waals surface area contributed by atoms with Crippen LogP contribution in [0.25, 0.3) is 0 Å². The highest BCUT2D eigenvalue weighted by Crippen LogP contribution is 2.30. The van der Waals surface area contributed by atoms with E-state index in [0.717, 1.165) is 5.56 Å². The van der Waals surface area contributed by atoms with Crippen LogP contribution < -0.4 is 25.1 Å². The lowest BCUT2D eigenvalue weighted by Crippen LogP contribution is -2.51. The third kappa shape index (κ3) is 4.41. The summed E-state index contributed by atoms with van der Waals surface area (Å²) < 4.78 is 16.4. The van der Waals surface area contributed by atoms with Crippen LogP contribution in [0.1, 0.15) is 5.56 Å². The molecule has 0 saturated carbocycles. The lowest BCUT2D eigenvalue weighted by Gasteiger charge is -2.25. The van der Waals surface area contributed by atoms with Gasteiger partial charge in [-0.2, -0.15) is 0 Å². The first-order valence-electron chi connectivity index (χ1n) is 7.78. The molecule has 0 fully saturated rings. The summed E-state index contributed by atoms with van der Waals surface area (Å²) in [7, 11) is 0. The molecule has 2 aromatic rings. The van der Waals surface area contributed by atoms with Crippen molar-refractivity contribution in [3.8, 4) is 17.2 Å². The minimum absolute atomic E-state index is 0.0680. The Bertz CT molecular complexity index is 778. The van der Waals surface area contributed by atoms with E-state index in [4.69, 9.17) is 14.2 Å². The van der Waals surface area contributed by atoms with Gasteiger partial charge in [0, 0.05) is 0 Å². The van der Waals surface area contributed by atoms with E-state index < -0.39 is 17.9 Å². The molecule has 1 aliphatic rings. The lowest BCUT2D eigenvalue weighted by atomic mass is 10.2. The molecule has 3 rings (SSSR count). The first kappa shape index (κ1) is 16.6. The summed E-state index contributed by atoms with van der Waals surface area (Å²) in [5.41, 5.74) is 5.63. The van der Waals surface area contributed by atoms with E-state index in [1.54, 1.807) is 24.3 Å². The first-order valence-corrected chi connectivity index (χ1v) is 7.78. The van der Waals surface area contributed by atoms with E-state index in [9.17, 15) is 9.59 Å². The normalized spacial score (nSPS) is 15.2. The van der Waals surface area contributed by atoms with Crippen LogP contribution in [-0.4, -0.2) is 31.1 Å². The zero-order valence-electron chi connectivity index (χ0n) is 13.7. The second-order valence-corrected chi connectivity index (χ2v) is 5.51. The van der Waals surface area contributed by atoms with Crippen LogP contribution >= 0.6 is 0 Å². The van der Waals surface area contributed by atoms with Gasteiger partial charge in [0.05, 0.1) is 0 Å². The fraction of sp³-hybridized carbons (Fsp3) is 0.222. The Kier molecular flexibility index (Phi) is 5.03. The van der Waals surface area contributed by atoms with E-state index in [1.807, 2.05) is 31.2 Å². The van der Waals surface area contributed by atoms with E-state index in [0.29, 0.717) is 17.2 Å². The molecule has 7 heteroatoms. The molecular formula is C18H18N2O5. The van der Waals surface area contributed by atoms with Crippen molar-refractivity contribution < 1.29 is 23.8 Å². The molecule has 2 aromatic carbocycles. The highest BCUT2D eigenvalue weighted by atomic mass is 16.6. The van der Waals surface area contributed by atoms with Crippen molar-refractivity contribution in [3.05, 3.63) is 54.1 Å². The summed E-state index contributed by atoms with van der Waals surface area (Å²) in [6.07, 6.45) is -0.840. The molecular weight excluding hydrogens is 324 g/mol. The first-order chi connectivity index (χ1) is 12.1. The number of amides is 2. The minimum Gasteiger partial charge on any atom is -0.485 e. The van der Waals surface area contributed by atoms with Gasteiger partial charge in [0.1, 0.15) is 12.4 Å². The Morgan fingerprint density at radius 2 is 1.92 bits per heavy atom. The molecule has 1 heterocycles. The SMILES string of the molecule is Cc1cccc(OCC(=O)NNC(=O)[C@@H]2COc3ccccc3O2)c1. The van der Waals surface area contributed by atoms with Crippen LogP contribution in [0, 0.1) is 6.92 Å². The molecule has 2 N–H and O–H groups in total. The van der Waals surface area contributed by atoms with E-state index in [2.05, 4.69) is 10.9 Å². The number of nitrogens with one attached hydrogen (secondary N) is 2. The molecule has 130 valence electrons. The predicted molar refractivity (Wildman–Crippen MR) is 89.3 cm³/mol. The summed E-state index contributed by atoms with van der Waals surface area (Å²) in [6.45, 7) is 1.78. The van der Waals surface area contributed by atoms with Crippen LogP contribution in [0.3, 0.4) is 0 Å². The molecule has 0 saturated heterocycles. The molecule has 1 atom stereocenters. The fourth-order valence-corrected chi connectivity index (χ4v) is 2.25. The highest BCUT2D eigenvalue weighted by molar-refractivity contribution is 5.85. The van der Waals surface area contributed by atoms with Crippen molar-refractivity contribution in [1.29, 1.82) is 0 Å². The third-order valence-electron chi connectivity index (χ3n) is 3.49. The van der Waals surface area contributed by atoms with Gasteiger partial charge >= 0.3 is 0 Å². The van der Waals surface area contributed by atoms with Crippen LogP contribution in [0.2, 0.25) is 0 Å². The minimum atomic E-state index is -0.840. The number of benzene rings is 2. The van der Waals surface area contributed by atoms with Gasteiger partial charge in [0.2, 0.25) is 6.10 Å². The number of para-hydroxylation sites is 2. The molecule has 0 bridgehead atoms. The van der Waals surface area contributed by atoms with Crippen molar-refractivity contribution in [2.24, 2.45) is 0 Å². The Morgan fingerprint density at radius 3 is 2.72 bits per heavy atom. The van der Waals surface area contributed by atoms with Gasteiger partial charge in [-0.15, -0.1) is 0 Å². The van der Waals surface area contributed by atoms with Gasteiger partial charge in [0.15, 0.2) is 18.1 Å². The second-order valence-electron chi connectivity index (χ2n) is 5.51. The molecule has 0 radical (unpaired) electrons. The number of carbonyl (C=O) groups excluding carboxylic acids is 2. The molecule has 0 aromatic heterocycles. The average Bonchev–Trinajstić information content (AvgIpc) is 2.64. The number of hydrazine groups is 1. The number of fused-ring (bicyclic) bond motifs is 1. The van der Waals surface area contributed by atoms with E-state index in [-0.39, 0.29) is 13.2 Å². The molecule has 0 spiro atoms. The number of ether oxygens (including phenoxy) is 3. The number of rotatable bonds is 4. The largest absolute Gasteiger partial charge is 0.485 e. The lowest BCUT2D eigenvalue weighted by molar-refractivity contribution is -0.135. The zero-order chi connectivity index (χ0) is 17.6. The molecule has 7 nitrogen and oxygen atoms in total. The monoisotopic (exact) mass is 342 g/mol. The quantitative estimate of drug-likeness (QED) is 0.820. The topological polar surface area (TPSA) is 85.9 Å². The maximum absolute atomic E-state index is 12.1. The molecule has 0 aliphatic carbocycles. The van der Waals surface area contributed by atoms with Crippen molar-refractivity contribution in [2.45, 2.75) is 13.0 Å². The summed E-state index contributed by atoms with van der Waals surface area (Å²) in [5.74, 6) is 0.678. The predicted octanol–water partition coefficient (Wildman–Crippen LogP) is 1.36. The Hall–Kier alpha value is -3.22. The van der Waals surface area contributed by atoms with Crippen molar-refractivity contribution in [1.82, 2.24) is 10.9 Å². The van der Waals surface area contributed by atoms with E-state index in [1.165, 1.54) is 0 Å². The number of hydrogen-bond donors (Lipinski definition) is 2. The number of aryl methyl sites for hydroxylation is 1. The van der Waals surface area contributed by atoms with Gasteiger partial charge < -0.3 is 14.2 Å². The number of carbonyl (C=O) groups is 2. The van der Waals surface area contributed by atoms with Crippen molar-refractivity contribution in [3.63, 3.8) is 0 Å². The van der Waals surface area contributed by atoms with Crippen LogP contribution in [0.4, 0.5) is 0 Å². The Balaban J connectivity index is 1.44. The maximum Gasteiger partial charge on any atom is 0.283 e. The Labute approximate surface area is 144 Å². The molecule has 2 amide bonds. The Morgan fingerprint density at radius 1 is 1.12 bits per heavy atom. The van der Waals surface area contributed by atoms with Gasteiger partial charge in [-0.05, 0) is 36.8 Å². The van der Waals surface area contributed by atoms with Gasteiger partial charge in [-0.3, -0.25) is 20.4 Å². The van der Waals surface area contributed by atoms with Crippen LogP contribution in [-0.2, 0) is 9.59 Å². The molecule has 25 heavy (non-hydrogen) atoms. The number of hydrogen-bond acceptors (Lipinski definition) is 5. The average molecular weight is 342 g/mol. The summed E-state index contributed by atoms with van der Waals surface area (Å²) in [6, 6.07) is 14.4. The zero-order valence-corrected chi connectivity index (χ0v) is 13.7. The summed E-state index contributed by atoms with van der Waals surface area (Å²) >= 11 is 0. The fourth-order valence-electron chi connectivity index (χ4n) is 2.25.